The number of nitriles is 1. The molecule has 0 spiro atoms. The SMILES string of the molecule is COCc1cccc(-n2nnc3cnc(Nc4cccc(C#N)c4)nc32)c1. The van der Waals surface area contributed by atoms with Crippen molar-refractivity contribution in [2.75, 3.05) is 12.4 Å². The fraction of sp³-hybridized carbons (Fsp3) is 0.105. The molecule has 0 aliphatic rings. The van der Waals surface area contributed by atoms with Crippen LogP contribution >= 0.6 is 0 Å². The van der Waals surface area contributed by atoms with Crippen LogP contribution in [0.4, 0.5) is 11.6 Å². The van der Waals surface area contributed by atoms with Crippen molar-refractivity contribution >= 4 is 22.8 Å². The number of aromatic nitrogens is 5. The number of hydrogen-bond acceptors (Lipinski definition) is 7. The first-order chi connectivity index (χ1) is 13.3. The quantitative estimate of drug-likeness (QED) is 0.586. The molecule has 4 aromatic rings. The molecule has 2 aromatic heterocycles. The monoisotopic (exact) mass is 357 g/mol. The van der Waals surface area contributed by atoms with Gasteiger partial charge in [0.25, 0.3) is 0 Å². The van der Waals surface area contributed by atoms with Crippen molar-refractivity contribution in [3.05, 3.63) is 65.9 Å². The smallest absolute Gasteiger partial charge is 0.229 e. The minimum absolute atomic E-state index is 0.397. The van der Waals surface area contributed by atoms with Crippen LogP contribution < -0.4 is 5.32 Å². The first-order valence-electron chi connectivity index (χ1n) is 8.21. The molecule has 0 fully saturated rings. The van der Waals surface area contributed by atoms with Gasteiger partial charge in [0.2, 0.25) is 5.95 Å². The number of fused-ring (bicyclic) bond motifs is 1. The summed E-state index contributed by atoms with van der Waals surface area (Å²) < 4.78 is 6.85. The third-order valence-electron chi connectivity index (χ3n) is 3.91. The van der Waals surface area contributed by atoms with E-state index < -0.39 is 0 Å². The van der Waals surface area contributed by atoms with E-state index in [1.54, 1.807) is 36.2 Å². The maximum atomic E-state index is 9.03. The van der Waals surface area contributed by atoms with Gasteiger partial charge in [0.15, 0.2) is 11.2 Å². The lowest BCUT2D eigenvalue weighted by Gasteiger charge is -2.07. The number of anilines is 2. The van der Waals surface area contributed by atoms with Crippen LogP contribution in [0, 0.1) is 11.3 Å². The molecule has 2 heterocycles. The largest absolute Gasteiger partial charge is 0.380 e. The van der Waals surface area contributed by atoms with Gasteiger partial charge in [0, 0.05) is 12.8 Å². The summed E-state index contributed by atoms with van der Waals surface area (Å²) in [5, 5.41) is 20.5. The summed E-state index contributed by atoms with van der Waals surface area (Å²) >= 11 is 0. The van der Waals surface area contributed by atoms with E-state index in [0.29, 0.717) is 29.3 Å². The molecular formula is C19H15N7O. The molecule has 0 amide bonds. The minimum atomic E-state index is 0.397. The second kappa shape index (κ2) is 7.19. The molecule has 2 aromatic carbocycles. The fourth-order valence-corrected chi connectivity index (χ4v) is 2.70. The van der Waals surface area contributed by atoms with E-state index in [1.165, 1.54) is 0 Å². The molecule has 0 radical (unpaired) electrons. The highest BCUT2D eigenvalue weighted by Gasteiger charge is 2.11. The van der Waals surface area contributed by atoms with Gasteiger partial charge in [-0.15, -0.1) is 5.10 Å². The first kappa shape index (κ1) is 16.6. The van der Waals surface area contributed by atoms with Gasteiger partial charge in [-0.2, -0.15) is 14.9 Å². The highest BCUT2D eigenvalue weighted by atomic mass is 16.5. The van der Waals surface area contributed by atoms with Crippen LogP contribution in [0.25, 0.3) is 16.9 Å². The molecule has 0 bridgehead atoms. The van der Waals surface area contributed by atoms with Crippen molar-refractivity contribution in [3.8, 4) is 11.8 Å². The zero-order valence-corrected chi connectivity index (χ0v) is 14.5. The maximum absolute atomic E-state index is 9.03. The van der Waals surface area contributed by atoms with Crippen LogP contribution in [-0.4, -0.2) is 32.1 Å². The molecule has 0 saturated heterocycles. The molecule has 0 aliphatic heterocycles. The van der Waals surface area contributed by atoms with E-state index in [1.807, 2.05) is 30.3 Å². The van der Waals surface area contributed by atoms with E-state index in [0.717, 1.165) is 16.9 Å². The average molecular weight is 357 g/mol. The van der Waals surface area contributed by atoms with Crippen molar-refractivity contribution in [3.63, 3.8) is 0 Å². The van der Waals surface area contributed by atoms with E-state index in [2.05, 4.69) is 31.7 Å². The van der Waals surface area contributed by atoms with Crippen LogP contribution in [0.2, 0.25) is 0 Å². The number of nitrogens with one attached hydrogen (secondary N) is 1. The predicted molar refractivity (Wildman–Crippen MR) is 99.6 cm³/mol. The van der Waals surface area contributed by atoms with Gasteiger partial charge in [-0.05, 0) is 35.9 Å². The predicted octanol–water partition coefficient (Wildman–Crippen LogP) is 2.97. The van der Waals surface area contributed by atoms with Crippen LogP contribution in [0.5, 0.6) is 0 Å². The number of ether oxygens (including phenoxy) is 1. The van der Waals surface area contributed by atoms with Gasteiger partial charge in [0.1, 0.15) is 0 Å². The topological polar surface area (TPSA) is 102 Å². The maximum Gasteiger partial charge on any atom is 0.229 e. The van der Waals surface area contributed by atoms with Crippen molar-refractivity contribution < 1.29 is 4.74 Å². The summed E-state index contributed by atoms with van der Waals surface area (Å²) in [7, 11) is 1.66. The third-order valence-corrected chi connectivity index (χ3v) is 3.91. The summed E-state index contributed by atoms with van der Waals surface area (Å²) in [6.45, 7) is 0.511. The molecular weight excluding hydrogens is 342 g/mol. The van der Waals surface area contributed by atoms with Gasteiger partial charge in [0.05, 0.1) is 30.1 Å². The van der Waals surface area contributed by atoms with Gasteiger partial charge in [-0.3, -0.25) is 0 Å². The molecule has 0 aliphatic carbocycles. The number of benzene rings is 2. The number of hydrogen-bond donors (Lipinski definition) is 1. The van der Waals surface area contributed by atoms with Crippen molar-refractivity contribution in [2.45, 2.75) is 6.61 Å². The van der Waals surface area contributed by atoms with Crippen molar-refractivity contribution in [1.82, 2.24) is 25.0 Å². The molecule has 4 rings (SSSR count). The lowest BCUT2D eigenvalue weighted by molar-refractivity contribution is 0.185. The van der Waals surface area contributed by atoms with Crippen molar-refractivity contribution in [2.24, 2.45) is 0 Å². The fourth-order valence-electron chi connectivity index (χ4n) is 2.70. The average Bonchev–Trinajstić information content (AvgIpc) is 3.12. The Morgan fingerprint density at radius 3 is 2.93 bits per heavy atom. The Morgan fingerprint density at radius 2 is 2.07 bits per heavy atom. The minimum Gasteiger partial charge on any atom is -0.380 e. The molecule has 1 N–H and O–H groups in total. The second-order valence-corrected chi connectivity index (χ2v) is 5.82. The molecule has 8 nitrogen and oxygen atoms in total. The van der Waals surface area contributed by atoms with Crippen LogP contribution in [0.3, 0.4) is 0 Å². The Morgan fingerprint density at radius 1 is 1.19 bits per heavy atom. The van der Waals surface area contributed by atoms with Crippen LogP contribution in [-0.2, 0) is 11.3 Å². The number of rotatable bonds is 5. The van der Waals surface area contributed by atoms with E-state index in [-0.39, 0.29) is 0 Å². The van der Waals surface area contributed by atoms with Gasteiger partial charge >= 0.3 is 0 Å². The Hall–Kier alpha value is -3.83. The lowest BCUT2D eigenvalue weighted by Crippen LogP contribution is -2.02. The highest BCUT2D eigenvalue weighted by molar-refractivity contribution is 5.73. The Labute approximate surface area is 155 Å². The highest BCUT2D eigenvalue weighted by Crippen LogP contribution is 2.19. The lowest BCUT2D eigenvalue weighted by atomic mass is 10.2. The van der Waals surface area contributed by atoms with E-state index >= 15 is 0 Å². The van der Waals surface area contributed by atoms with E-state index in [4.69, 9.17) is 10.00 Å². The van der Waals surface area contributed by atoms with Gasteiger partial charge < -0.3 is 10.1 Å². The zero-order chi connectivity index (χ0) is 18.6. The second-order valence-electron chi connectivity index (χ2n) is 5.82. The summed E-state index contributed by atoms with van der Waals surface area (Å²) in [6.07, 6.45) is 1.61. The van der Waals surface area contributed by atoms with Crippen LogP contribution in [0.15, 0.2) is 54.7 Å². The molecule has 0 saturated carbocycles. The van der Waals surface area contributed by atoms with Gasteiger partial charge in [-0.1, -0.05) is 23.4 Å². The van der Waals surface area contributed by atoms with Gasteiger partial charge in [-0.25, -0.2) is 4.98 Å². The summed E-state index contributed by atoms with van der Waals surface area (Å²) in [5.41, 5.74) is 4.32. The molecule has 0 atom stereocenters. The summed E-state index contributed by atoms with van der Waals surface area (Å²) in [6, 6.07) is 17.0. The zero-order valence-electron chi connectivity index (χ0n) is 14.5. The first-order valence-corrected chi connectivity index (χ1v) is 8.21. The Balaban J connectivity index is 1.71. The molecule has 132 valence electrons. The standard InChI is InChI=1S/C19H15N7O/c1-27-12-14-5-3-7-16(9-14)26-18-17(24-25-26)11-21-19(23-18)22-15-6-2-4-13(8-15)10-20/h2-9,11H,12H2,1H3,(H,21,22,23). The van der Waals surface area contributed by atoms with Crippen molar-refractivity contribution in [1.29, 1.82) is 5.26 Å². The molecule has 8 heteroatoms. The number of nitrogens with zero attached hydrogens (tertiary/aromatic N) is 6. The molecule has 27 heavy (non-hydrogen) atoms. The summed E-state index contributed by atoms with van der Waals surface area (Å²) in [4.78, 5) is 8.81. The Bertz CT molecular complexity index is 1150. The van der Waals surface area contributed by atoms with E-state index in [9.17, 15) is 0 Å². The summed E-state index contributed by atoms with van der Waals surface area (Å²) in [5.74, 6) is 0.397. The molecule has 0 unspecified atom stereocenters. The van der Waals surface area contributed by atoms with Crippen LogP contribution in [0.1, 0.15) is 11.1 Å². The normalized spacial score (nSPS) is 10.7. The number of methoxy groups -OCH3 is 1. The third kappa shape index (κ3) is 3.44. The Kier molecular flexibility index (Phi) is 4.43.